The van der Waals surface area contributed by atoms with Crippen LogP contribution in [-0.2, 0) is 4.79 Å². The smallest absolute Gasteiger partial charge is 0.238 e. The summed E-state index contributed by atoms with van der Waals surface area (Å²) in [4.78, 5) is 11.0. The molecule has 3 N–H and O–H groups in total. The van der Waals surface area contributed by atoms with Gasteiger partial charge in [-0.2, -0.15) is 0 Å². The molecule has 1 amide bonds. The Balaban J connectivity index is 2.89. The van der Waals surface area contributed by atoms with Gasteiger partial charge < -0.3 is 11.1 Å². The molecule has 1 rings (SSSR count). The SMILES string of the molecule is Cc1cccc(NC(=O)CN)c1C. The summed E-state index contributed by atoms with van der Waals surface area (Å²) >= 11 is 0. The first-order chi connectivity index (χ1) is 6.15. The molecule has 0 fully saturated rings. The number of hydrogen-bond donors (Lipinski definition) is 2. The maximum atomic E-state index is 11.0. The van der Waals surface area contributed by atoms with Gasteiger partial charge in [0, 0.05) is 5.69 Å². The summed E-state index contributed by atoms with van der Waals surface area (Å²) in [6.07, 6.45) is 0. The zero-order valence-electron chi connectivity index (χ0n) is 7.92. The molecule has 0 aliphatic heterocycles. The van der Waals surface area contributed by atoms with Gasteiger partial charge in [-0.25, -0.2) is 0 Å². The minimum Gasteiger partial charge on any atom is -0.325 e. The Morgan fingerprint density at radius 1 is 1.46 bits per heavy atom. The molecule has 70 valence electrons. The second kappa shape index (κ2) is 4.05. The summed E-state index contributed by atoms with van der Waals surface area (Å²) in [6.45, 7) is 4.00. The van der Waals surface area contributed by atoms with Crippen LogP contribution in [0.3, 0.4) is 0 Å². The fourth-order valence-electron chi connectivity index (χ4n) is 1.09. The number of nitrogens with one attached hydrogen (secondary N) is 1. The van der Waals surface area contributed by atoms with Gasteiger partial charge in [-0.3, -0.25) is 4.79 Å². The minimum atomic E-state index is -0.159. The molecule has 0 saturated carbocycles. The average molecular weight is 178 g/mol. The molecule has 0 heterocycles. The third-order valence-corrected chi connectivity index (χ3v) is 2.06. The summed E-state index contributed by atoms with van der Waals surface area (Å²) in [5.74, 6) is -0.159. The highest BCUT2D eigenvalue weighted by atomic mass is 16.1. The topological polar surface area (TPSA) is 55.1 Å². The van der Waals surface area contributed by atoms with Crippen LogP contribution in [0, 0.1) is 13.8 Å². The number of carbonyl (C=O) groups is 1. The van der Waals surface area contributed by atoms with Crippen LogP contribution in [-0.4, -0.2) is 12.5 Å². The van der Waals surface area contributed by atoms with Crippen molar-refractivity contribution in [2.24, 2.45) is 5.73 Å². The first kappa shape index (κ1) is 9.74. The molecule has 3 nitrogen and oxygen atoms in total. The number of amides is 1. The van der Waals surface area contributed by atoms with Gasteiger partial charge in [0.2, 0.25) is 5.91 Å². The van der Waals surface area contributed by atoms with Gasteiger partial charge in [-0.15, -0.1) is 0 Å². The van der Waals surface area contributed by atoms with Crippen LogP contribution in [0.25, 0.3) is 0 Å². The number of benzene rings is 1. The van der Waals surface area contributed by atoms with E-state index >= 15 is 0 Å². The van der Waals surface area contributed by atoms with Gasteiger partial charge in [0.15, 0.2) is 0 Å². The molecule has 0 aliphatic carbocycles. The van der Waals surface area contributed by atoms with Crippen LogP contribution in [0.5, 0.6) is 0 Å². The summed E-state index contributed by atoms with van der Waals surface area (Å²) in [6, 6.07) is 5.79. The summed E-state index contributed by atoms with van der Waals surface area (Å²) < 4.78 is 0. The van der Waals surface area contributed by atoms with Crippen molar-refractivity contribution in [1.82, 2.24) is 0 Å². The predicted octanol–water partition coefficient (Wildman–Crippen LogP) is 1.20. The Kier molecular flexibility index (Phi) is 3.03. The van der Waals surface area contributed by atoms with Crippen LogP contribution in [0.2, 0.25) is 0 Å². The van der Waals surface area contributed by atoms with Crippen LogP contribution >= 0.6 is 0 Å². The second-order valence-electron chi connectivity index (χ2n) is 3.00. The van der Waals surface area contributed by atoms with Gasteiger partial charge in [-0.05, 0) is 31.0 Å². The monoisotopic (exact) mass is 178 g/mol. The van der Waals surface area contributed by atoms with Crippen molar-refractivity contribution in [2.45, 2.75) is 13.8 Å². The van der Waals surface area contributed by atoms with Crippen molar-refractivity contribution >= 4 is 11.6 Å². The number of aryl methyl sites for hydroxylation is 1. The molecule has 0 aromatic heterocycles. The highest BCUT2D eigenvalue weighted by Gasteiger charge is 2.02. The summed E-state index contributed by atoms with van der Waals surface area (Å²) in [5.41, 5.74) is 8.29. The van der Waals surface area contributed by atoms with Gasteiger partial charge in [-0.1, -0.05) is 12.1 Å². The van der Waals surface area contributed by atoms with Gasteiger partial charge >= 0.3 is 0 Å². The Labute approximate surface area is 77.9 Å². The van der Waals surface area contributed by atoms with E-state index in [-0.39, 0.29) is 12.5 Å². The first-order valence-corrected chi connectivity index (χ1v) is 4.21. The Hall–Kier alpha value is -1.35. The average Bonchev–Trinajstić information content (AvgIpc) is 2.13. The molecule has 0 saturated heterocycles. The van der Waals surface area contributed by atoms with E-state index in [0.29, 0.717) is 0 Å². The van der Waals surface area contributed by atoms with Crippen LogP contribution in [0.15, 0.2) is 18.2 Å². The normalized spacial score (nSPS) is 9.77. The maximum Gasteiger partial charge on any atom is 0.238 e. The number of anilines is 1. The molecule has 1 aromatic carbocycles. The third-order valence-electron chi connectivity index (χ3n) is 2.06. The van der Waals surface area contributed by atoms with Crippen molar-refractivity contribution in [3.05, 3.63) is 29.3 Å². The van der Waals surface area contributed by atoms with Crippen LogP contribution in [0.4, 0.5) is 5.69 Å². The fraction of sp³-hybridized carbons (Fsp3) is 0.300. The summed E-state index contributed by atoms with van der Waals surface area (Å²) in [5, 5.41) is 2.74. The first-order valence-electron chi connectivity index (χ1n) is 4.21. The Morgan fingerprint density at radius 3 is 2.77 bits per heavy atom. The lowest BCUT2D eigenvalue weighted by Gasteiger charge is -2.08. The van der Waals surface area contributed by atoms with Crippen molar-refractivity contribution in [3.8, 4) is 0 Å². The molecular weight excluding hydrogens is 164 g/mol. The number of hydrogen-bond acceptors (Lipinski definition) is 2. The molecule has 0 aliphatic rings. The number of rotatable bonds is 2. The van der Waals surface area contributed by atoms with Gasteiger partial charge in [0.05, 0.1) is 6.54 Å². The quantitative estimate of drug-likeness (QED) is 0.715. The lowest BCUT2D eigenvalue weighted by molar-refractivity contribution is -0.114. The molecule has 0 radical (unpaired) electrons. The summed E-state index contributed by atoms with van der Waals surface area (Å²) in [7, 11) is 0. The molecule has 13 heavy (non-hydrogen) atoms. The van der Waals surface area contributed by atoms with E-state index < -0.39 is 0 Å². The predicted molar refractivity (Wildman–Crippen MR) is 53.6 cm³/mol. The molecule has 1 aromatic rings. The Morgan fingerprint density at radius 2 is 2.15 bits per heavy atom. The van der Waals surface area contributed by atoms with Crippen LogP contribution in [0.1, 0.15) is 11.1 Å². The van der Waals surface area contributed by atoms with Crippen molar-refractivity contribution in [2.75, 3.05) is 11.9 Å². The standard InChI is InChI=1S/C10H14N2O/c1-7-4-3-5-9(8(7)2)12-10(13)6-11/h3-5H,6,11H2,1-2H3,(H,12,13). The molecule has 0 unspecified atom stereocenters. The van der Waals surface area contributed by atoms with E-state index in [4.69, 9.17) is 5.73 Å². The highest BCUT2D eigenvalue weighted by Crippen LogP contribution is 2.17. The molecule has 0 bridgehead atoms. The van der Waals surface area contributed by atoms with Crippen molar-refractivity contribution in [3.63, 3.8) is 0 Å². The van der Waals surface area contributed by atoms with E-state index in [2.05, 4.69) is 5.32 Å². The van der Waals surface area contributed by atoms with E-state index in [1.165, 1.54) is 0 Å². The maximum absolute atomic E-state index is 11.0. The molecular formula is C10H14N2O. The lowest BCUT2D eigenvalue weighted by atomic mass is 10.1. The van der Waals surface area contributed by atoms with E-state index in [0.717, 1.165) is 16.8 Å². The highest BCUT2D eigenvalue weighted by molar-refractivity contribution is 5.92. The molecule has 0 atom stereocenters. The minimum absolute atomic E-state index is 0.0212. The third kappa shape index (κ3) is 2.29. The Bertz CT molecular complexity index is 321. The largest absolute Gasteiger partial charge is 0.325 e. The van der Waals surface area contributed by atoms with Crippen molar-refractivity contribution in [1.29, 1.82) is 0 Å². The zero-order valence-corrected chi connectivity index (χ0v) is 7.92. The van der Waals surface area contributed by atoms with E-state index in [9.17, 15) is 4.79 Å². The van der Waals surface area contributed by atoms with E-state index in [1.54, 1.807) is 0 Å². The second-order valence-corrected chi connectivity index (χ2v) is 3.00. The molecule has 0 spiro atoms. The molecule has 3 heteroatoms. The number of carbonyl (C=O) groups excluding carboxylic acids is 1. The fourth-order valence-corrected chi connectivity index (χ4v) is 1.09. The lowest BCUT2D eigenvalue weighted by Crippen LogP contribution is -2.22. The number of nitrogens with two attached hydrogens (primary N) is 1. The van der Waals surface area contributed by atoms with Crippen molar-refractivity contribution < 1.29 is 4.79 Å². The van der Waals surface area contributed by atoms with Gasteiger partial charge in [0.1, 0.15) is 0 Å². The van der Waals surface area contributed by atoms with Gasteiger partial charge in [0.25, 0.3) is 0 Å². The van der Waals surface area contributed by atoms with E-state index in [1.807, 2.05) is 32.0 Å². The van der Waals surface area contributed by atoms with Crippen LogP contribution < -0.4 is 11.1 Å². The zero-order chi connectivity index (χ0) is 9.84.